The van der Waals surface area contributed by atoms with E-state index in [1.807, 2.05) is 19.1 Å². The maximum atomic E-state index is 10.8. The van der Waals surface area contributed by atoms with Crippen LogP contribution in [0.25, 0.3) is 0 Å². The van der Waals surface area contributed by atoms with E-state index in [-0.39, 0.29) is 12.3 Å². The zero-order chi connectivity index (χ0) is 18.2. The molecule has 6 nitrogen and oxygen atoms in total. The van der Waals surface area contributed by atoms with Crippen molar-refractivity contribution in [2.45, 2.75) is 13.5 Å². The summed E-state index contributed by atoms with van der Waals surface area (Å²) < 4.78 is 11.9. The van der Waals surface area contributed by atoms with Gasteiger partial charge in [0.1, 0.15) is 6.61 Å². The summed E-state index contributed by atoms with van der Waals surface area (Å²) in [6, 6.07) is 10.1. The monoisotopic (exact) mass is 404 g/mol. The number of rotatable bonds is 8. The van der Waals surface area contributed by atoms with Gasteiger partial charge in [-0.2, -0.15) is 0 Å². The van der Waals surface area contributed by atoms with Crippen LogP contribution in [-0.4, -0.2) is 18.1 Å². The number of non-ortho nitro benzene ring substituents is 1. The van der Waals surface area contributed by atoms with Crippen LogP contribution in [0.4, 0.5) is 11.4 Å². The quantitative estimate of drug-likeness (QED) is 0.401. The lowest BCUT2D eigenvalue weighted by Crippen LogP contribution is -2.04. The van der Waals surface area contributed by atoms with Gasteiger partial charge in [-0.3, -0.25) is 10.1 Å². The van der Waals surface area contributed by atoms with Crippen LogP contribution in [0, 0.1) is 22.5 Å². The number of nitrogens with one attached hydrogen (secondary N) is 1. The minimum Gasteiger partial charge on any atom is -0.490 e. The average Bonchev–Trinajstić information content (AvgIpc) is 2.60. The van der Waals surface area contributed by atoms with E-state index >= 15 is 0 Å². The van der Waals surface area contributed by atoms with E-state index in [1.165, 1.54) is 12.1 Å². The van der Waals surface area contributed by atoms with Crippen molar-refractivity contribution in [1.29, 1.82) is 0 Å². The SMILES string of the molecule is C#CCOc1c(Br)cc(CNc2cccc([N+](=O)[O-])c2)cc1OCC. The van der Waals surface area contributed by atoms with Crippen molar-refractivity contribution < 1.29 is 14.4 Å². The molecule has 0 bridgehead atoms. The molecule has 0 unspecified atom stereocenters. The molecule has 1 N–H and O–H groups in total. The smallest absolute Gasteiger partial charge is 0.271 e. The van der Waals surface area contributed by atoms with Gasteiger partial charge in [0.15, 0.2) is 11.5 Å². The van der Waals surface area contributed by atoms with Crippen LogP contribution in [-0.2, 0) is 6.54 Å². The Balaban J connectivity index is 2.18. The molecular weight excluding hydrogens is 388 g/mol. The second-order valence-corrected chi connectivity index (χ2v) is 5.85. The predicted molar refractivity (Wildman–Crippen MR) is 100 cm³/mol. The second kappa shape index (κ2) is 8.94. The summed E-state index contributed by atoms with van der Waals surface area (Å²) in [5.74, 6) is 3.56. The number of halogens is 1. The van der Waals surface area contributed by atoms with Gasteiger partial charge in [-0.15, -0.1) is 6.42 Å². The number of hydrogen-bond donors (Lipinski definition) is 1. The highest BCUT2D eigenvalue weighted by molar-refractivity contribution is 9.10. The normalized spacial score (nSPS) is 9.96. The summed E-state index contributed by atoms with van der Waals surface area (Å²) in [5, 5.41) is 14.0. The third-order valence-corrected chi connectivity index (χ3v) is 3.81. The highest BCUT2D eigenvalue weighted by Gasteiger charge is 2.12. The van der Waals surface area contributed by atoms with Crippen molar-refractivity contribution in [1.82, 2.24) is 0 Å². The van der Waals surface area contributed by atoms with E-state index in [0.29, 0.717) is 30.3 Å². The van der Waals surface area contributed by atoms with Gasteiger partial charge in [-0.1, -0.05) is 12.0 Å². The zero-order valence-corrected chi connectivity index (χ0v) is 15.2. The largest absolute Gasteiger partial charge is 0.490 e. The number of ether oxygens (including phenoxy) is 2. The molecule has 2 rings (SSSR count). The lowest BCUT2D eigenvalue weighted by molar-refractivity contribution is -0.384. The highest BCUT2D eigenvalue weighted by Crippen LogP contribution is 2.37. The maximum absolute atomic E-state index is 10.8. The molecule has 0 fully saturated rings. The Morgan fingerprint density at radius 3 is 2.80 bits per heavy atom. The molecule has 0 heterocycles. The van der Waals surface area contributed by atoms with Gasteiger partial charge in [0.2, 0.25) is 0 Å². The Bertz CT molecular complexity index is 802. The van der Waals surface area contributed by atoms with Gasteiger partial charge in [-0.05, 0) is 46.6 Å². The number of hydrogen-bond acceptors (Lipinski definition) is 5. The fourth-order valence-corrected chi connectivity index (χ4v) is 2.78. The van der Waals surface area contributed by atoms with Crippen molar-refractivity contribution in [3.8, 4) is 23.8 Å². The zero-order valence-electron chi connectivity index (χ0n) is 13.6. The van der Waals surface area contributed by atoms with Crippen LogP contribution in [0.3, 0.4) is 0 Å². The summed E-state index contributed by atoms with van der Waals surface area (Å²) in [5.41, 5.74) is 1.63. The van der Waals surface area contributed by atoms with Crippen molar-refractivity contribution >= 4 is 27.3 Å². The van der Waals surface area contributed by atoms with Gasteiger partial charge in [0.25, 0.3) is 5.69 Å². The van der Waals surface area contributed by atoms with Crippen LogP contribution in [0.1, 0.15) is 12.5 Å². The number of nitro benzene ring substituents is 1. The maximum Gasteiger partial charge on any atom is 0.271 e. The third kappa shape index (κ3) is 5.13. The molecule has 2 aromatic carbocycles. The van der Waals surface area contributed by atoms with Gasteiger partial charge >= 0.3 is 0 Å². The topological polar surface area (TPSA) is 73.6 Å². The Morgan fingerprint density at radius 1 is 1.32 bits per heavy atom. The van der Waals surface area contributed by atoms with Crippen LogP contribution in [0.15, 0.2) is 40.9 Å². The summed E-state index contributed by atoms with van der Waals surface area (Å²) in [6.07, 6.45) is 5.24. The third-order valence-electron chi connectivity index (χ3n) is 3.22. The predicted octanol–water partition coefficient (Wildman–Crippen LogP) is 4.38. The molecule has 2 aromatic rings. The molecule has 0 saturated carbocycles. The first-order valence-corrected chi connectivity index (χ1v) is 8.34. The molecule has 0 aliphatic carbocycles. The molecule has 0 radical (unpaired) electrons. The van der Waals surface area contributed by atoms with E-state index < -0.39 is 4.92 Å². The lowest BCUT2D eigenvalue weighted by atomic mass is 10.2. The second-order valence-electron chi connectivity index (χ2n) is 4.99. The molecule has 0 spiro atoms. The van der Waals surface area contributed by atoms with E-state index in [9.17, 15) is 10.1 Å². The molecule has 130 valence electrons. The van der Waals surface area contributed by atoms with Gasteiger partial charge < -0.3 is 14.8 Å². The molecular formula is C18H17BrN2O4. The van der Waals surface area contributed by atoms with Crippen molar-refractivity contribution in [3.05, 3.63) is 56.5 Å². The summed E-state index contributed by atoms with van der Waals surface area (Å²) >= 11 is 3.46. The molecule has 0 aromatic heterocycles. The summed E-state index contributed by atoms with van der Waals surface area (Å²) in [4.78, 5) is 10.4. The summed E-state index contributed by atoms with van der Waals surface area (Å²) in [6.45, 7) is 2.98. The van der Waals surface area contributed by atoms with Gasteiger partial charge in [0.05, 0.1) is 16.0 Å². The van der Waals surface area contributed by atoms with Crippen LogP contribution in [0.5, 0.6) is 11.5 Å². The number of terminal acetylenes is 1. The molecule has 0 aliphatic heterocycles. The molecule has 0 aliphatic rings. The Labute approximate surface area is 154 Å². The standard InChI is InChI=1S/C18H17BrN2O4/c1-3-8-25-18-16(19)9-13(10-17(18)24-4-2)12-20-14-6-5-7-15(11-14)21(22)23/h1,5-7,9-11,20H,4,8,12H2,2H3. The van der Waals surface area contributed by atoms with Crippen LogP contribution in [0.2, 0.25) is 0 Å². The molecule has 0 amide bonds. The Hall–Kier alpha value is -2.72. The van der Waals surface area contributed by atoms with E-state index in [1.54, 1.807) is 12.1 Å². The van der Waals surface area contributed by atoms with Crippen molar-refractivity contribution in [2.24, 2.45) is 0 Å². The number of anilines is 1. The minimum absolute atomic E-state index is 0.0409. The van der Waals surface area contributed by atoms with Crippen LogP contribution < -0.4 is 14.8 Å². The van der Waals surface area contributed by atoms with Crippen LogP contribution >= 0.6 is 15.9 Å². The lowest BCUT2D eigenvalue weighted by Gasteiger charge is -2.15. The molecule has 7 heteroatoms. The van der Waals surface area contributed by atoms with E-state index in [2.05, 4.69) is 27.2 Å². The first-order chi connectivity index (χ1) is 12.0. The number of benzene rings is 2. The Kier molecular flexibility index (Phi) is 6.66. The van der Waals surface area contributed by atoms with E-state index in [0.717, 1.165) is 10.0 Å². The average molecular weight is 405 g/mol. The fourth-order valence-electron chi connectivity index (χ4n) is 2.17. The first-order valence-electron chi connectivity index (χ1n) is 7.55. The highest BCUT2D eigenvalue weighted by atomic mass is 79.9. The molecule has 25 heavy (non-hydrogen) atoms. The molecule has 0 atom stereocenters. The number of nitrogens with zero attached hydrogens (tertiary/aromatic N) is 1. The number of nitro groups is 1. The minimum atomic E-state index is -0.424. The summed E-state index contributed by atoms with van der Waals surface area (Å²) in [7, 11) is 0. The van der Waals surface area contributed by atoms with Crippen molar-refractivity contribution in [2.75, 3.05) is 18.5 Å². The van der Waals surface area contributed by atoms with E-state index in [4.69, 9.17) is 15.9 Å². The molecule has 0 saturated heterocycles. The first kappa shape index (κ1) is 18.6. The van der Waals surface area contributed by atoms with Gasteiger partial charge in [0, 0.05) is 24.4 Å². The Morgan fingerprint density at radius 2 is 2.12 bits per heavy atom. The van der Waals surface area contributed by atoms with Crippen molar-refractivity contribution in [3.63, 3.8) is 0 Å². The fraction of sp³-hybridized carbons (Fsp3) is 0.222. The van der Waals surface area contributed by atoms with Gasteiger partial charge in [-0.25, -0.2) is 0 Å².